The van der Waals surface area contributed by atoms with Crippen molar-refractivity contribution in [3.63, 3.8) is 0 Å². The Morgan fingerprint density at radius 2 is 2.54 bits per heavy atom. The molecule has 2 atom stereocenters. The number of nitrogens with one attached hydrogen (secondary N) is 2. The number of hydrogen-bond donors (Lipinski definition) is 3. The fraction of sp³-hybridized carbons (Fsp3) is 0.750. The van der Waals surface area contributed by atoms with E-state index in [-0.39, 0.29) is 17.9 Å². The SMILES string of the molecule is C[C@H](N)C(=O)NCC1CCC(=O)N1. The molecule has 0 radical (unpaired) electrons. The number of carbonyl (C=O) groups excluding carboxylic acids is 2. The molecule has 1 rings (SSSR count). The van der Waals surface area contributed by atoms with Crippen molar-refractivity contribution in [2.24, 2.45) is 5.73 Å². The molecule has 13 heavy (non-hydrogen) atoms. The third kappa shape index (κ3) is 3.02. The summed E-state index contributed by atoms with van der Waals surface area (Å²) in [6.07, 6.45) is 1.34. The topological polar surface area (TPSA) is 84.2 Å². The summed E-state index contributed by atoms with van der Waals surface area (Å²) in [5.74, 6) is -0.124. The van der Waals surface area contributed by atoms with Gasteiger partial charge in [0.2, 0.25) is 11.8 Å². The Hall–Kier alpha value is -1.10. The van der Waals surface area contributed by atoms with Crippen LogP contribution in [0.2, 0.25) is 0 Å². The maximum Gasteiger partial charge on any atom is 0.236 e. The zero-order valence-electron chi connectivity index (χ0n) is 7.67. The lowest BCUT2D eigenvalue weighted by Crippen LogP contribution is -2.44. The van der Waals surface area contributed by atoms with Gasteiger partial charge in [0.15, 0.2) is 0 Å². The van der Waals surface area contributed by atoms with Crippen molar-refractivity contribution in [3.05, 3.63) is 0 Å². The molecular weight excluding hydrogens is 170 g/mol. The Kier molecular flexibility index (Phi) is 3.25. The molecule has 1 unspecified atom stereocenters. The summed E-state index contributed by atoms with van der Waals surface area (Å²) in [5, 5.41) is 5.42. The van der Waals surface area contributed by atoms with Crippen molar-refractivity contribution in [1.82, 2.24) is 10.6 Å². The molecule has 1 aliphatic heterocycles. The van der Waals surface area contributed by atoms with Crippen molar-refractivity contribution < 1.29 is 9.59 Å². The summed E-state index contributed by atoms with van der Waals surface area (Å²) in [5.41, 5.74) is 5.35. The smallest absolute Gasteiger partial charge is 0.236 e. The van der Waals surface area contributed by atoms with Crippen molar-refractivity contribution in [2.45, 2.75) is 31.8 Å². The van der Waals surface area contributed by atoms with Gasteiger partial charge < -0.3 is 16.4 Å². The zero-order valence-corrected chi connectivity index (χ0v) is 7.67. The van der Waals surface area contributed by atoms with Crippen molar-refractivity contribution in [3.8, 4) is 0 Å². The van der Waals surface area contributed by atoms with Gasteiger partial charge >= 0.3 is 0 Å². The fourth-order valence-corrected chi connectivity index (χ4v) is 1.22. The summed E-state index contributed by atoms with van der Waals surface area (Å²) in [6, 6.07) is -0.410. The van der Waals surface area contributed by atoms with Gasteiger partial charge in [0.25, 0.3) is 0 Å². The van der Waals surface area contributed by atoms with Crippen LogP contribution in [0.1, 0.15) is 19.8 Å². The number of nitrogens with two attached hydrogens (primary N) is 1. The van der Waals surface area contributed by atoms with Crippen molar-refractivity contribution in [1.29, 1.82) is 0 Å². The first-order chi connectivity index (χ1) is 6.09. The molecular formula is C8H15N3O2. The molecule has 0 aromatic carbocycles. The third-order valence-corrected chi connectivity index (χ3v) is 2.02. The molecule has 1 aliphatic rings. The second-order valence-corrected chi connectivity index (χ2v) is 3.34. The van der Waals surface area contributed by atoms with Gasteiger partial charge in [0, 0.05) is 19.0 Å². The summed E-state index contributed by atoms with van der Waals surface area (Å²) >= 11 is 0. The van der Waals surface area contributed by atoms with Gasteiger partial charge in [0.05, 0.1) is 6.04 Å². The summed E-state index contributed by atoms with van der Waals surface area (Å²) < 4.78 is 0. The van der Waals surface area contributed by atoms with Gasteiger partial charge in [-0.2, -0.15) is 0 Å². The normalized spacial score (nSPS) is 23.8. The number of hydrogen-bond acceptors (Lipinski definition) is 3. The van der Waals surface area contributed by atoms with E-state index in [2.05, 4.69) is 10.6 Å². The van der Waals surface area contributed by atoms with E-state index in [1.165, 1.54) is 0 Å². The van der Waals surface area contributed by atoms with E-state index in [4.69, 9.17) is 5.73 Å². The second-order valence-electron chi connectivity index (χ2n) is 3.34. The Bertz CT molecular complexity index is 215. The lowest BCUT2D eigenvalue weighted by Gasteiger charge is -2.12. The van der Waals surface area contributed by atoms with Gasteiger partial charge in [-0.05, 0) is 13.3 Å². The molecule has 5 nitrogen and oxygen atoms in total. The first-order valence-electron chi connectivity index (χ1n) is 4.42. The molecule has 0 aromatic rings. The minimum atomic E-state index is -0.489. The van der Waals surface area contributed by atoms with E-state index in [1.807, 2.05) is 0 Å². The van der Waals surface area contributed by atoms with Crippen LogP contribution in [-0.4, -0.2) is 30.4 Å². The highest BCUT2D eigenvalue weighted by Gasteiger charge is 2.21. The third-order valence-electron chi connectivity index (χ3n) is 2.02. The lowest BCUT2D eigenvalue weighted by molar-refractivity contribution is -0.122. The molecule has 1 heterocycles. The van der Waals surface area contributed by atoms with Gasteiger partial charge in [-0.3, -0.25) is 9.59 Å². The first-order valence-corrected chi connectivity index (χ1v) is 4.42. The quantitative estimate of drug-likeness (QED) is 0.512. The highest BCUT2D eigenvalue weighted by molar-refractivity contribution is 5.81. The van der Waals surface area contributed by atoms with E-state index >= 15 is 0 Å². The molecule has 4 N–H and O–H groups in total. The predicted octanol–water partition coefficient (Wildman–Crippen LogP) is -1.27. The number of carbonyl (C=O) groups is 2. The zero-order chi connectivity index (χ0) is 9.84. The maximum atomic E-state index is 11.0. The van der Waals surface area contributed by atoms with Crippen LogP contribution in [0.3, 0.4) is 0 Å². The molecule has 0 spiro atoms. The molecule has 1 saturated heterocycles. The van der Waals surface area contributed by atoms with Crippen molar-refractivity contribution in [2.75, 3.05) is 6.54 Å². The van der Waals surface area contributed by atoms with Gasteiger partial charge in [-0.25, -0.2) is 0 Å². The molecule has 0 aromatic heterocycles. The molecule has 0 saturated carbocycles. The van der Waals surface area contributed by atoms with Crippen LogP contribution >= 0.6 is 0 Å². The Morgan fingerprint density at radius 1 is 1.85 bits per heavy atom. The van der Waals surface area contributed by atoms with E-state index in [1.54, 1.807) is 6.92 Å². The minimum absolute atomic E-state index is 0.0556. The molecule has 0 aliphatic carbocycles. The van der Waals surface area contributed by atoms with E-state index in [9.17, 15) is 9.59 Å². The lowest BCUT2D eigenvalue weighted by atomic mass is 10.2. The van der Waals surface area contributed by atoms with E-state index in [0.717, 1.165) is 6.42 Å². The molecule has 1 fully saturated rings. The number of rotatable bonds is 3. The molecule has 74 valence electrons. The van der Waals surface area contributed by atoms with Gasteiger partial charge in [-0.1, -0.05) is 0 Å². The Balaban J connectivity index is 2.19. The monoisotopic (exact) mass is 185 g/mol. The summed E-state index contributed by atoms with van der Waals surface area (Å²) in [6.45, 7) is 2.11. The van der Waals surface area contributed by atoms with Crippen LogP contribution in [0.15, 0.2) is 0 Å². The maximum absolute atomic E-state index is 11.0. The number of amides is 2. The Labute approximate surface area is 77.1 Å². The van der Waals surface area contributed by atoms with Crippen LogP contribution in [0.25, 0.3) is 0 Å². The molecule has 5 heteroatoms. The fourth-order valence-electron chi connectivity index (χ4n) is 1.22. The van der Waals surface area contributed by atoms with Crippen LogP contribution in [-0.2, 0) is 9.59 Å². The highest BCUT2D eigenvalue weighted by Crippen LogP contribution is 2.04. The predicted molar refractivity (Wildman–Crippen MR) is 47.8 cm³/mol. The average Bonchev–Trinajstić information content (AvgIpc) is 2.47. The van der Waals surface area contributed by atoms with Crippen LogP contribution in [0, 0.1) is 0 Å². The standard InChI is InChI=1S/C8H15N3O2/c1-5(9)8(13)10-4-6-2-3-7(12)11-6/h5-6H,2-4,9H2,1H3,(H,10,13)(H,11,12)/t5-,6?/m0/s1. The summed E-state index contributed by atoms with van der Waals surface area (Å²) in [4.78, 5) is 21.8. The highest BCUT2D eigenvalue weighted by atomic mass is 16.2. The Morgan fingerprint density at radius 3 is 3.00 bits per heavy atom. The van der Waals surface area contributed by atoms with Gasteiger partial charge in [-0.15, -0.1) is 0 Å². The van der Waals surface area contributed by atoms with E-state index in [0.29, 0.717) is 13.0 Å². The summed E-state index contributed by atoms with van der Waals surface area (Å²) in [7, 11) is 0. The molecule has 0 bridgehead atoms. The first kappa shape index (κ1) is 9.98. The minimum Gasteiger partial charge on any atom is -0.353 e. The van der Waals surface area contributed by atoms with E-state index < -0.39 is 6.04 Å². The average molecular weight is 185 g/mol. The van der Waals surface area contributed by atoms with Crippen LogP contribution in [0.5, 0.6) is 0 Å². The largest absolute Gasteiger partial charge is 0.353 e. The van der Waals surface area contributed by atoms with Crippen molar-refractivity contribution >= 4 is 11.8 Å². The second kappa shape index (κ2) is 4.23. The van der Waals surface area contributed by atoms with Crippen LogP contribution in [0.4, 0.5) is 0 Å². The molecule has 2 amide bonds. The van der Waals surface area contributed by atoms with Crippen LogP contribution < -0.4 is 16.4 Å². The van der Waals surface area contributed by atoms with Gasteiger partial charge in [0.1, 0.15) is 0 Å².